The predicted octanol–water partition coefficient (Wildman–Crippen LogP) is 3.91. The van der Waals surface area contributed by atoms with Crippen molar-refractivity contribution in [3.8, 4) is 0 Å². The molecule has 1 aromatic carbocycles. The standard InChI is InChI=1S/C20H25NO5Si/c1-13(22)17-11-14-10-15(26-27(3,4)5)12-19(25-2)20(14,21(23)24)18-9-7-6-8-16(17)18/h6-9,11-12,14,19H,10H2,1-5H3/t14-,19?,20+/m1/s1. The third-order valence-corrected chi connectivity index (χ3v) is 6.02. The first-order valence-electron chi connectivity index (χ1n) is 9.01. The summed E-state index contributed by atoms with van der Waals surface area (Å²) in [4.78, 5) is 24.5. The van der Waals surface area contributed by atoms with Crippen molar-refractivity contribution in [1.29, 1.82) is 0 Å². The van der Waals surface area contributed by atoms with Gasteiger partial charge in [-0.05, 0) is 38.2 Å². The van der Waals surface area contributed by atoms with Crippen molar-refractivity contribution in [3.63, 3.8) is 0 Å². The van der Waals surface area contributed by atoms with Gasteiger partial charge >= 0.3 is 0 Å². The topological polar surface area (TPSA) is 78.7 Å². The highest BCUT2D eigenvalue weighted by molar-refractivity contribution is 6.70. The van der Waals surface area contributed by atoms with Crippen LogP contribution in [0, 0.1) is 16.0 Å². The number of nitro groups is 1. The van der Waals surface area contributed by atoms with Crippen LogP contribution in [-0.2, 0) is 19.5 Å². The third-order valence-electron chi connectivity index (χ3n) is 5.15. The molecule has 0 N–H and O–H groups in total. The number of Topliss-reactive ketones (excluding diaryl/α,β-unsaturated/α-hetero) is 1. The highest BCUT2D eigenvalue weighted by Crippen LogP contribution is 2.51. The van der Waals surface area contributed by atoms with E-state index in [4.69, 9.17) is 9.16 Å². The van der Waals surface area contributed by atoms with E-state index < -0.39 is 25.9 Å². The lowest BCUT2D eigenvalue weighted by atomic mass is 9.63. The van der Waals surface area contributed by atoms with Crippen LogP contribution in [0.15, 0.2) is 42.2 Å². The van der Waals surface area contributed by atoms with Gasteiger partial charge in [0, 0.05) is 29.6 Å². The van der Waals surface area contributed by atoms with Gasteiger partial charge in [0.1, 0.15) is 0 Å². The van der Waals surface area contributed by atoms with Crippen molar-refractivity contribution in [2.75, 3.05) is 7.11 Å². The molecule has 0 bridgehead atoms. The van der Waals surface area contributed by atoms with Gasteiger partial charge < -0.3 is 9.16 Å². The van der Waals surface area contributed by atoms with Crippen LogP contribution in [0.3, 0.4) is 0 Å². The summed E-state index contributed by atoms with van der Waals surface area (Å²) in [6.07, 6.45) is 3.08. The zero-order valence-corrected chi connectivity index (χ0v) is 17.3. The third kappa shape index (κ3) is 3.15. The van der Waals surface area contributed by atoms with Crippen molar-refractivity contribution in [3.05, 3.63) is 63.4 Å². The van der Waals surface area contributed by atoms with Crippen LogP contribution in [0.2, 0.25) is 19.6 Å². The second kappa shape index (κ2) is 6.72. The monoisotopic (exact) mass is 387 g/mol. The van der Waals surface area contributed by atoms with Gasteiger partial charge in [-0.3, -0.25) is 14.9 Å². The van der Waals surface area contributed by atoms with E-state index in [-0.39, 0.29) is 10.7 Å². The molecule has 0 fully saturated rings. The zero-order valence-electron chi connectivity index (χ0n) is 16.3. The van der Waals surface area contributed by atoms with Crippen molar-refractivity contribution >= 4 is 19.7 Å². The van der Waals surface area contributed by atoms with Gasteiger partial charge in [0.05, 0.1) is 11.7 Å². The van der Waals surface area contributed by atoms with E-state index in [1.54, 1.807) is 36.4 Å². The predicted molar refractivity (Wildman–Crippen MR) is 105 cm³/mol. The molecule has 6 nitrogen and oxygen atoms in total. The summed E-state index contributed by atoms with van der Waals surface area (Å²) in [5, 5.41) is 12.5. The van der Waals surface area contributed by atoms with E-state index in [9.17, 15) is 14.9 Å². The molecule has 7 heteroatoms. The number of hydrogen-bond donors (Lipinski definition) is 0. The Labute approximate surface area is 160 Å². The van der Waals surface area contributed by atoms with Crippen molar-refractivity contribution in [2.24, 2.45) is 5.92 Å². The normalized spacial score (nSPS) is 27.0. The van der Waals surface area contributed by atoms with Gasteiger partial charge in [-0.15, -0.1) is 0 Å². The molecule has 1 aromatic rings. The Morgan fingerprint density at radius 1 is 1.26 bits per heavy atom. The fourth-order valence-electron chi connectivity index (χ4n) is 4.21. The smallest absolute Gasteiger partial charge is 0.283 e. The molecule has 1 unspecified atom stereocenters. The molecule has 0 radical (unpaired) electrons. The first kappa shape index (κ1) is 19.5. The molecule has 0 amide bonds. The lowest BCUT2D eigenvalue weighted by Gasteiger charge is -2.43. The van der Waals surface area contributed by atoms with Crippen molar-refractivity contribution in [2.45, 2.75) is 44.6 Å². The Morgan fingerprint density at radius 2 is 1.93 bits per heavy atom. The SMILES string of the molecule is COC1C=C(O[Si](C)(C)C)C[C@@H]2C=C(C(C)=O)c3ccccc3[C@]12[N+](=O)[O-]. The zero-order chi connectivity index (χ0) is 20.0. The number of ketones is 1. The molecule has 2 aliphatic carbocycles. The molecule has 0 spiro atoms. The maximum Gasteiger partial charge on any atom is 0.283 e. The van der Waals surface area contributed by atoms with Crippen LogP contribution in [0.5, 0.6) is 0 Å². The molecular weight excluding hydrogens is 362 g/mol. The number of rotatable bonds is 5. The first-order chi connectivity index (χ1) is 12.6. The fourth-order valence-corrected chi connectivity index (χ4v) is 5.14. The Bertz CT molecular complexity index is 854. The summed E-state index contributed by atoms with van der Waals surface area (Å²) in [5.74, 6) is 0.0835. The highest BCUT2D eigenvalue weighted by Gasteiger charge is 2.62. The van der Waals surface area contributed by atoms with Crippen LogP contribution < -0.4 is 0 Å². The molecule has 0 saturated carbocycles. The first-order valence-corrected chi connectivity index (χ1v) is 12.4. The number of ether oxygens (including phenoxy) is 1. The van der Waals surface area contributed by atoms with Crippen LogP contribution in [0.25, 0.3) is 5.57 Å². The van der Waals surface area contributed by atoms with E-state index in [1.807, 2.05) is 0 Å². The molecule has 0 saturated heterocycles. The largest absolute Gasteiger partial charge is 0.547 e. The van der Waals surface area contributed by atoms with E-state index >= 15 is 0 Å². The van der Waals surface area contributed by atoms with Crippen LogP contribution in [-0.4, -0.2) is 32.2 Å². The van der Waals surface area contributed by atoms with E-state index in [2.05, 4.69) is 19.6 Å². The maximum absolute atomic E-state index is 12.5. The molecular formula is C20H25NO5Si. The molecule has 0 aromatic heterocycles. The summed E-state index contributed by atoms with van der Waals surface area (Å²) in [7, 11) is -0.407. The van der Waals surface area contributed by atoms with Crippen LogP contribution >= 0.6 is 0 Å². The average molecular weight is 388 g/mol. The number of methoxy groups -OCH3 is 1. The molecule has 3 atom stereocenters. The second-order valence-electron chi connectivity index (χ2n) is 8.08. The summed E-state index contributed by atoms with van der Waals surface area (Å²) in [5.41, 5.74) is 0.194. The lowest BCUT2D eigenvalue weighted by Crippen LogP contribution is -2.56. The van der Waals surface area contributed by atoms with Gasteiger partial charge in [-0.25, -0.2) is 0 Å². The number of benzene rings is 1. The van der Waals surface area contributed by atoms with E-state index in [0.29, 0.717) is 28.9 Å². The molecule has 0 heterocycles. The van der Waals surface area contributed by atoms with Gasteiger partial charge in [0.25, 0.3) is 5.54 Å². The summed E-state index contributed by atoms with van der Waals surface area (Å²) in [6, 6.07) is 7.08. The second-order valence-corrected chi connectivity index (χ2v) is 12.5. The minimum atomic E-state index is -1.89. The van der Waals surface area contributed by atoms with Gasteiger partial charge in [0.15, 0.2) is 11.9 Å². The van der Waals surface area contributed by atoms with Gasteiger partial charge in [0.2, 0.25) is 8.32 Å². The van der Waals surface area contributed by atoms with Crippen molar-refractivity contribution < 1.29 is 18.9 Å². The van der Waals surface area contributed by atoms with Crippen LogP contribution in [0.1, 0.15) is 24.5 Å². The summed E-state index contributed by atoms with van der Waals surface area (Å²) < 4.78 is 11.8. The summed E-state index contributed by atoms with van der Waals surface area (Å²) in [6.45, 7) is 7.70. The Morgan fingerprint density at radius 3 is 2.48 bits per heavy atom. The minimum Gasteiger partial charge on any atom is -0.547 e. The number of nitrogens with zero attached hydrogens (tertiary/aromatic N) is 1. The van der Waals surface area contributed by atoms with E-state index in [0.717, 1.165) is 0 Å². The minimum absolute atomic E-state index is 0.101. The Hall–Kier alpha value is -2.25. The lowest BCUT2D eigenvalue weighted by molar-refractivity contribution is -0.601. The maximum atomic E-state index is 12.5. The average Bonchev–Trinajstić information content (AvgIpc) is 2.58. The number of carbonyl (C=O) groups is 1. The quantitative estimate of drug-likeness (QED) is 0.435. The number of fused-ring (bicyclic) bond motifs is 3. The number of hydrogen-bond acceptors (Lipinski definition) is 5. The van der Waals surface area contributed by atoms with Crippen LogP contribution in [0.4, 0.5) is 0 Å². The van der Waals surface area contributed by atoms with E-state index in [1.165, 1.54) is 14.0 Å². The molecule has 144 valence electrons. The Kier molecular flexibility index (Phi) is 4.86. The number of allylic oxidation sites excluding steroid dienone is 2. The summed E-state index contributed by atoms with van der Waals surface area (Å²) >= 11 is 0. The van der Waals surface area contributed by atoms with Crippen molar-refractivity contribution in [1.82, 2.24) is 0 Å². The molecule has 27 heavy (non-hydrogen) atoms. The highest BCUT2D eigenvalue weighted by atomic mass is 28.4. The molecule has 0 aliphatic heterocycles. The van der Waals surface area contributed by atoms with Gasteiger partial charge in [-0.1, -0.05) is 30.3 Å². The Balaban J connectivity index is 2.26. The molecule has 3 rings (SSSR count). The van der Waals surface area contributed by atoms with Gasteiger partial charge in [-0.2, -0.15) is 0 Å². The number of carbonyl (C=O) groups excluding carboxylic acids is 1. The fraction of sp³-hybridized carbons (Fsp3) is 0.450. The molecule has 2 aliphatic rings.